The van der Waals surface area contributed by atoms with Crippen LogP contribution in [-0.2, 0) is 6.54 Å². The Morgan fingerprint density at radius 3 is 2.53 bits per heavy atom. The van der Waals surface area contributed by atoms with E-state index in [0.717, 1.165) is 16.9 Å². The first kappa shape index (κ1) is 20.4. The number of methoxy groups -OCH3 is 1. The molecule has 0 saturated heterocycles. The van der Waals surface area contributed by atoms with Gasteiger partial charge in [0.25, 0.3) is 5.56 Å². The summed E-state index contributed by atoms with van der Waals surface area (Å²) in [5.74, 6) is 1.33. The molecule has 4 rings (SSSR count). The van der Waals surface area contributed by atoms with Crippen molar-refractivity contribution in [1.82, 2.24) is 9.55 Å². The van der Waals surface area contributed by atoms with E-state index in [1.807, 2.05) is 17.5 Å². The average Bonchev–Trinajstić information content (AvgIpc) is 3.20. The summed E-state index contributed by atoms with van der Waals surface area (Å²) >= 11 is 7.38. The van der Waals surface area contributed by atoms with Crippen molar-refractivity contribution in [3.05, 3.63) is 75.6 Å². The molecule has 0 fully saturated rings. The second kappa shape index (κ2) is 8.87. The fraction of sp³-hybridized carbons (Fsp3) is 0.182. The maximum absolute atomic E-state index is 13.1. The van der Waals surface area contributed by atoms with Gasteiger partial charge in [0, 0.05) is 16.0 Å². The molecule has 30 heavy (non-hydrogen) atoms. The van der Waals surface area contributed by atoms with Crippen LogP contribution in [0.15, 0.2) is 65.0 Å². The fourth-order valence-electron chi connectivity index (χ4n) is 3.08. The molecule has 0 radical (unpaired) electrons. The Morgan fingerprint density at radius 1 is 1.13 bits per heavy atom. The Hall–Kier alpha value is -2.87. The van der Waals surface area contributed by atoms with Crippen LogP contribution in [0.25, 0.3) is 21.3 Å². The van der Waals surface area contributed by atoms with E-state index in [-0.39, 0.29) is 18.7 Å². The van der Waals surface area contributed by atoms with Crippen molar-refractivity contribution in [2.45, 2.75) is 12.6 Å². The zero-order valence-electron chi connectivity index (χ0n) is 16.1. The van der Waals surface area contributed by atoms with Crippen molar-refractivity contribution in [2.24, 2.45) is 0 Å². The molecule has 0 aliphatic carbocycles. The standard InChI is InChI=1S/C22H19ClN2O4S/c1-28-17-6-8-18(9-7-17)29-11-16(26)10-25-13-24-21-20(22(25)27)19(12-30-21)14-2-4-15(23)5-3-14/h2-9,12-13,16,26H,10-11H2,1H3/t16-/m1/s1. The van der Waals surface area contributed by atoms with Gasteiger partial charge in [-0.25, -0.2) is 4.98 Å². The summed E-state index contributed by atoms with van der Waals surface area (Å²) in [6.07, 6.45) is 0.588. The van der Waals surface area contributed by atoms with E-state index in [9.17, 15) is 9.90 Å². The SMILES string of the molecule is COc1ccc(OC[C@H](O)Cn2cnc3scc(-c4ccc(Cl)cc4)c3c2=O)cc1. The number of aromatic nitrogens is 2. The first-order valence-corrected chi connectivity index (χ1v) is 10.5. The van der Waals surface area contributed by atoms with Gasteiger partial charge in [-0.2, -0.15) is 0 Å². The highest BCUT2D eigenvalue weighted by Gasteiger charge is 2.15. The molecule has 0 unspecified atom stereocenters. The Kier molecular flexibility index (Phi) is 6.03. The molecule has 0 bridgehead atoms. The Morgan fingerprint density at radius 2 is 1.83 bits per heavy atom. The topological polar surface area (TPSA) is 73.6 Å². The van der Waals surface area contributed by atoms with Gasteiger partial charge < -0.3 is 14.6 Å². The number of aliphatic hydroxyl groups excluding tert-OH is 1. The maximum Gasteiger partial charge on any atom is 0.262 e. The molecule has 2 aromatic carbocycles. The largest absolute Gasteiger partial charge is 0.497 e. The summed E-state index contributed by atoms with van der Waals surface area (Å²) in [4.78, 5) is 18.1. The molecule has 2 aromatic heterocycles. The molecular weight excluding hydrogens is 424 g/mol. The van der Waals surface area contributed by atoms with Crippen molar-refractivity contribution in [3.8, 4) is 22.6 Å². The number of hydrogen-bond acceptors (Lipinski definition) is 6. The lowest BCUT2D eigenvalue weighted by Crippen LogP contribution is -2.30. The van der Waals surface area contributed by atoms with Gasteiger partial charge in [0.2, 0.25) is 0 Å². The number of benzene rings is 2. The van der Waals surface area contributed by atoms with Gasteiger partial charge in [-0.3, -0.25) is 9.36 Å². The zero-order valence-corrected chi connectivity index (χ0v) is 17.7. The van der Waals surface area contributed by atoms with E-state index in [1.165, 1.54) is 22.2 Å². The molecule has 0 saturated carbocycles. The number of ether oxygens (including phenoxy) is 2. The minimum Gasteiger partial charge on any atom is -0.497 e. The van der Waals surface area contributed by atoms with Crippen molar-refractivity contribution < 1.29 is 14.6 Å². The van der Waals surface area contributed by atoms with Crippen molar-refractivity contribution in [3.63, 3.8) is 0 Å². The van der Waals surface area contributed by atoms with Gasteiger partial charge in [0.15, 0.2) is 0 Å². The lowest BCUT2D eigenvalue weighted by atomic mass is 10.1. The summed E-state index contributed by atoms with van der Waals surface area (Å²) < 4.78 is 12.1. The number of thiophene rings is 1. The number of rotatable bonds is 7. The summed E-state index contributed by atoms with van der Waals surface area (Å²) in [5.41, 5.74) is 1.50. The van der Waals surface area contributed by atoms with Crippen LogP contribution in [0.5, 0.6) is 11.5 Å². The zero-order chi connectivity index (χ0) is 21.1. The predicted octanol–water partition coefficient (Wildman–Crippen LogP) is 4.23. The van der Waals surface area contributed by atoms with Crippen LogP contribution in [0.2, 0.25) is 5.02 Å². The van der Waals surface area contributed by atoms with Crippen molar-refractivity contribution in [1.29, 1.82) is 0 Å². The molecule has 8 heteroatoms. The molecule has 154 valence electrons. The lowest BCUT2D eigenvalue weighted by Gasteiger charge is -2.14. The van der Waals surface area contributed by atoms with Crippen molar-refractivity contribution in [2.75, 3.05) is 13.7 Å². The van der Waals surface area contributed by atoms with Gasteiger partial charge in [0.05, 0.1) is 25.4 Å². The van der Waals surface area contributed by atoms with Crippen LogP contribution in [-0.4, -0.2) is 34.5 Å². The van der Waals surface area contributed by atoms with Crippen molar-refractivity contribution >= 4 is 33.2 Å². The number of nitrogens with zero attached hydrogens (tertiary/aromatic N) is 2. The number of halogens is 1. The van der Waals surface area contributed by atoms with Gasteiger partial charge in [-0.15, -0.1) is 11.3 Å². The van der Waals surface area contributed by atoms with Crippen LogP contribution in [0.3, 0.4) is 0 Å². The summed E-state index contributed by atoms with van der Waals surface area (Å²) in [7, 11) is 1.59. The normalized spacial score (nSPS) is 12.1. The third kappa shape index (κ3) is 4.33. The quantitative estimate of drug-likeness (QED) is 0.463. The van der Waals surface area contributed by atoms with E-state index >= 15 is 0 Å². The summed E-state index contributed by atoms with van der Waals surface area (Å²) in [6.45, 7) is 0.123. The highest BCUT2D eigenvalue weighted by atomic mass is 35.5. The van der Waals surface area contributed by atoms with E-state index in [0.29, 0.717) is 21.0 Å². The molecule has 2 heterocycles. The number of aliphatic hydroxyl groups is 1. The molecule has 0 aliphatic rings. The lowest BCUT2D eigenvalue weighted by molar-refractivity contribution is 0.0914. The third-order valence-corrected chi connectivity index (χ3v) is 5.76. The van der Waals surface area contributed by atoms with Crippen LogP contribution < -0.4 is 15.0 Å². The van der Waals surface area contributed by atoms with Gasteiger partial charge >= 0.3 is 0 Å². The molecule has 1 N–H and O–H groups in total. The first-order valence-electron chi connectivity index (χ1n) is 9.22. The van der Waals surface area contributed by atoms with E-state index in [1.54, 1.807) is 43.5 Å². The first-order chi connectivity index (χ1) is 14.5. The van der Waals surface area contributed by atoms with E-state index in [2.05, 4.69) is 4.98 Å². The molecule has 0 spiro atoms. The predicted molar refractivity (Wildman–Crippen MR) is 119 cm³/mol. The Bertz CT molecular complexity index is 1200. The highest BCUT2D eigenvalue weighted by molar-refractivity contribution is 7.17. The van der Waals surface area contributed by atoms with E-state index < -0.39 is 6.10 Å². The molecule has 1 atom stereocenters. The molecule has 6 nitrogen and oxygen atoms in total. The van der Waals surface area contributed by atoms with E-state index in [4.69, 9.17) is 21.1 Å². The molecule has 0 aliphatic heterocycles. The average molecular weight is 443 g/mol. The second-order valence-electron chi connectivity index (χ2n) is 6.68. The monoisotopic (exact) mass is 442 g/mol. The molecule has 0 amide bonds. The smallest absolute Gasteiger partial charge is 0.262 e. The van der Waals surface area contributed by atoms with Gasteiger partial charge in [0.1, 0.15) is 29.0 Å². The maximum atomic E-state index is 13.1. The van der Waals surface area contributed by atoms with Crippen LogP contribution in [0.4, 0.5) is 0 Å². The summed E-state index contributed by atoms with van der Waals surface area (Å²) in [6, 6.07) is 14.4. The minimum atomic E-state index is -0.873. The van der Waals surface area contributed by atoms with Gasteiger partial charge in [-0.1, -0.05) is 23.7 Å². The highest BCUT2D eigenvalue weighted by Crippen LogP contribution is 2.31. The van der Waals surface area contributed by atoms with Gasteiger partial charge in [-0.05, 0) is 42.0 Å². The molecular formula is C22H19ClN2O4S. The third-order valence-electron chi connectivity index (χ3n) is 4.63. The van der Waals surface area contributed by atoms with Crippen LogP contribution >= 0.6 is 22.9 Å². The van der Waals surface area contributed by atoms with Crippen LogP contribution in [0.1, 0.15) is 0 Å². The number of fused-ring (bicyclic) bond motifs is 1. The minimum absolute atomic E-state index is 0.0461. The summed E-state index contributed by atoms with van der Waals surface area (Å²) in [5, 5.41) is 13.5. The second-order valence-corrected chi connectivity index (χ2v) is 7.97. The number of hydrogen-bond donors (Lipinski definition) is 1. The fourth-order valence-corrected chi connectivity index (χ4v) is 4.12. The molecule has 4 aromatic rings. The van der Waals surface area contributed by atoms with Crippen LogP contribution in [0, 0.1) is 0 Å². The Labute approximate surface area is 181 Å². The Balaban J connectivity index is 1.52.